The normalized spacial score (nSPS) is 15.6. The maximum Gasteiger partial charge on any atom is 0.375 e. The molecule has 1 aliphatic rings. The van der Waals surface area contributed by atoms with Gasteiger partial charge in [-0.05, 0) is 27.2 Å². The van der Waals surface area contributed by atoms with Crippen LogP contribution in [-0.4, -0.2) is 82.2 Å². The van der Waals surface area contributed by atoms with Gasteiger partial charge in [0.1, 0.15) is 24.7 Å². The van der Waals surface area contributed by atoms with Crippen LogP contribution in [0.1, 0.15) is 33.6 Å². The van der Waals surface area contributed by atoms with Crippen molar-refractivity contribution >= 4 is 27.8 Å². The van der Waals surface area contributed by atoms with Gasteiger partial charge >= 0.3 is 11.9 Å². The third-order valence-electron chi connectivity index (χ3n) is 3.85. The lowest BCUT2D eigenvalue weighted by molar-refractivity contribution is -0.156. The smallest absolute Gasteiger partial charge is 0.375 e. The summed E-state index contributed by atoms with van der Waals surface area (Å²) in [5.74, 6) is -3.23. The Bertz CT molecular complexity index is 843. The lowest BCUT2D eigenvalue weighted by Crippen LogP contribution is -2.26. The molecule has 1 aliphatic carbocycles. The van der Waals surface area contributed by atoms with Gasteiger partial charge in [-0.15, -0.1) is 0 Å². The standard InChI is InChI=1S/C20H30O12S/c1-4-27-15-12-16(28-5-2)19(18(15)29-6-3)31-9-7-8-17(22)30-10-11-32-20(23)14(21)13-33(24,25)26/h12,19H,4-11,13H2,1-3H3,(H,24,25,26). The number of rotatable bonds is 17. The minimum absolute atomic E-state index is 0.0159. The SMILES string of the molecule is CCOC1=CC(OCC)=C(OCC)C1OCCCC(=O)OCCOC(=O)C(=O)CS(=O)(=O)O. The summed E-state index contributed by atoms with van der Waals surface area (Å²) in [7, 11) is -4.63. The van der Waals surface area contributed by atoms with E-state index in [4.69, 9.17) is 28.2 Å². The molecule has 12 nitrogen and oxygen atoms in total. The van der Waals surface area contributed by atoms with Crippen molar-refractivity contribution in [3.8, 4) is 0 Å². The molecule has 0 heterocycles. The minimum Gasteiger partial charge on any atom is -0.495 e. The van der Waals surface area contributed by atoms with E-state index in [9.17, 15) is 22.8 Å². The summed E-state index contributed by atoms with van der Waals surface area (Å²) in [6, 6.07) is 0. The number of carbonyl (C=O) groups is 3. The summed E-state index contributed by atoms with van der Waals surface area (Å²) >= 11 is 0. The van der Waals surface area contributed by atoms with Gasteiger partial charge in [0.15, 0.2) is 17.6 Å². The van der Waals surface area contributed by atoms with Crippen molar-refractivity contribution in [2.75, 3.05) is 45.4 Å². The van der Waals surface area contributed by atoms with Crippen LogP contribution in [-0.2, 0) is 52.9 Å². The number of ether oxygens (including phenoxy) is 6. The number of Topliss-reactive ketones (excluding diaryl/α,β-unsaturated/α-hetero) is 1. The first kappa shape index (κ1) is 28.4. The molecule has 0 aliphatic heterocycles. The second-order valence-corrected chi connectivity index (χ2v) is 7.89. The summed E-state index contributed by atoms with van der Waals surface area (Å²) in [4.78, 5) is 34.2. The van der Waals surface area contributed by atoms with Crippen LogP contribution in [0.15, 0.2) is 23.4 Å². The topological polar surface area (TPSA) is 161 Å². The Morgan fingerprint density at radius 3 is 2.18 bits per heavy atom. The summed E-state index contributed by atoms with van der Waals surface area (Å²) in [5, 5.41) is 0. The largest absolute Gasteiger partial charge is 0.495 e. The lowest BCUT2D eigenvalue weighted by atomic mass is 10.3. The number of hydrogen-bond donors (Lipinski definition) is 1. The van der Waals surface area contributed by atoms with Gasteiger partial charge in [-0.2, -0.15) is 8.42 Å². The predicted molar refractivity (Wildman–Crippen MR) is 112 cm³/mol. The molecule has 0 fully saturated rings. The number of ketones is 1. The highest BCUT2D eigenvalue weighted by molar-refractivity contribution is 7.86. The molecule has 1 rings (SSSR count). The van der Waals surface area contributed by atoms with Crippen LogP contribution >= 0.6 is 0 Å². The van der Waals surface area contributed by atoms with Crippen molar-refractivity contribution in [3.05, 3.63) is 23.4 Å². The summed E-state index contributed by atoms with van der Waals surface area (Å²) in [5.41, 5.74) is 0. The third kappa shape index (κ3) is 10.7. The third-order valence-corrected chi connectivity index (χ3v) is 4.48. The Balaban J connectivity index is 2.36. The molecule has 0 saturated carbocycles. The summed E-state index contributed by atoms with van der Waals surface area (Å²) in [6.07, 6.45) is 1.48. The summed E-state index contributed by atoms with van der Waals surface area (Å²) in [6.45, 7) is 6.26. The zero-order chi connectivity index (χ0) is 24.9. The minimum atomic E-state index is -4.63. The number of hydrogen-bond acceptors (Lipinski definition) is 11. The molecule has 0 saturated heterocycles. The first-order valence-electron chi connectivity index (χ1n) is 10.4. The van der Waals surface area contributed by atoms with Gasteiger partial charge in [0, 0.05) is 19.1 Å². The molecule has 1 unspecified atom stereocenters. The van der Waals surface area contributed by atoms with E-state index in [-0.39, 0.29) is 19.6 Å². The molecule has 0 bridgehead atoms. The zero-order valence-corrected chi connectivity index (χ0v) is 19.7. The van der Waals surface area contributed by atoms with E-state index in [0.29, 0.717) is 43.5 Å². The van der Waals surface area contributed by atoms with Gasteiger partial charge in [0.05, 0.1) is 19.8 Å². The van der Waals surface area contributed by atoms with Crippen molar-refractivity contribution in [2.24, 2.45) is 0 Å². The van der Waals surface area contributed by atoms with Crippen LogP contribution in [0.3, 0.4) is 0 Å². The fraction of sp³-hybridized carbons (Fsp3) is 0.650. The molecule has 0 aromatic heterocycles. The maximum absolute atomic E-state index is 11.8. The lowest BCUT2D eigenvalue weighted by Gasteiger charge is -2.20. The Morgan fingerprint density at radius 1 is 0.939 bits per heavy atom. The van der Waals surface area contributed by atoms with Gasteiger partial charge in [-0.3, -0.25) is 14.1 Å². The van der Waals surface area contributed by atoms with Gasteiger partial charge < -0.3 is 28.4 Å². The van der Waals surface area contributed by atoms with Gasteiger partial charge in [0.25, 0.3) is 15.9 Å². The Labute approximate surface area is 192 Å². The molecular formula is C20H30O12S. The number of carbonyl (C=O) groups excluding carboxylic acids is 3. The molecule has 1 N–H and O–H groups in total. The average molecular weight is 495 g/mol. The summed E-state index contributed by atoms with van der Waals surface area (Å²) < 4.78 is 61.6. The van der Waals surface area contributed by atoms with Crippen LogP contribution in [0.25, 0.3) is 0 Å². The fourth-order valence-electron chi connectivity index (χ4n) is 2.63. The molecule has 1 atom stereocenters. The highest BCUT2D eigenvalue weighted by Crippen LogP contribution is 2.31. The molecule has 13 heteroatoms. The van der Waals surface area contributed by atoms with E-state index in [0.717, 1.165) is 0 Å². The molecule has 0 amide bonds. The van der Waals surface area contributed by atoms with E-state index < -0.39 is 46.3 Å². The van der Waals surface area contributed by atoms with Crippen molar-refractivity contribution in [2.45, 2.75) is 39.7 Å². The number of allylic oxidation sites excluding steroid dienone is 1. The van der Waals surface area contributed by atoms with Crippen LogP contribution in [0.2, 0.25) is 0 Å². The monoisotopic (exact) mass is 494 g/mol. The highest BCUT2D eigenvalue weighted by Gasteiger charge is 2.33. The van der Waals surface area contributed by atoms with Gasteiger partial charge in [-0.25, -0.2) is 4.79 Å². The van der Waals surface area contributed by atoms with E-state index in [1.807, 2.05) is 20.8 Å². The van der Waals surface area contributed by atoms with Crippen LogP contribution in [0.5, 0.6) is 0 Å². The van der Waals surface area contributed by atoms with E-state index in [1.54, 1.807) is 6.08 Å². The zero-order valence-electron chi connectivity index (χ0n) is 18.9. The van der Waals surface area contributed by atoms with E-state index in [1.165, 1.54) is 0 Å². The Kier molecular flexibility index (Phi) is 12.5. The van der Waals surface area contributed by atoms with Crippen molar-refractivity contribution in [3.63, 3.8) is 0 Å². The highest BCUT2D eigenvalue weighted by atomic mass is 32.2. The Morgan fingerprint density at radius 2 is 1.58 bits per heavy atom. The predicted octanol–water partition coefficient (Wildman–Crippen LogP) is 0.914. The van der Waals surface area contributed by atoms with Crippen LogP contribution in [0.4, 0.5) is 0 Å². The van der Waals surface area contributed by atoms with Gasteiger partial charge in [-0.1, -0.05) is 0 Å². The second kappa shape index (κ2) is 14.5. The molecular weight excluding hydrogens is 464 g/mol. The molecule has 0 aromatic rings. The average Bonchev–Trinajstić information content (AvgIpc) is 3.04. The molecule has 0 radical (unpaired) electrons. The van der Waals surface area contributed by atoms with Crippen molar-refractivity contribution in [1.29, 1.82) is 0 Å². The van der Waals surface area contributed by atoms with Crippen LogP contribution in [0, 0.1) is 0 Å². The molecule has 0 spiro atoms. The van der Waals surface area contributed by atoms with Crippen molar-refractivity contribution in [1.82, 2.24) is 0 Å². The molecule has 188 valence electrons. The van der Waals surface area contributed by atoms with E-state index in [2.05, 4.69) is 4.74 Å². The van der Waals surface area contributed by atoms with Crippen molar-refractivity contribution < 1.29 is 55.8 Å². The Hall–Kier alpha value is -2.64. The van der Waals surface area contributed by atoms with Crippen LogP contribution < -0.4 is 0 Å². The first-order valence-corrected chi connectivity index (χ1v) is 12.0. The first-order chi connectivity index (χ1) is 15.6. The quantitative estimate of drug-likeness (QED) is 0.132. The van der Waals surface area contributed by atoms with E-state index >= 15 is 0 Å². The number of esters is 2. The second-order valence-electron chi connectivity index (χ2n) is 6.43. The molecule has 33 heavy (non-hydrogen) atoms. The molecule has 0 aromatic carbocycles. The maximum atomic E-state index is 11.8. The fourth-order valence-corrected chi connectivity index (χ4v) is 3.08. The van der Waals surface area contributed by atoms with Gasteiger partial charge in [0.2, 0.25) is 0 Å².